The van der Waals surface area contributed by atoms with Gasteiger partial charge in [-0.1, -0.05) is 6.08 Å². The quantitative estimate of drug-likeness (QED) is 0.262. The number of rotatable bonds is 6. The maximum absolute atomic E-state index is 13.4. The van der Waals surface area contributed by atoms with Crippen molar-refractivity contribution < 1.29 is 35.9 Å². The van der Waals surface area contributed by atoms with Crippen molar-refractivity contribution in [3.8, 4) is 5.75 Å². The molecule has 4 aliphatic rings. The molecule has 41 heavy (non-hydrogen) atoms. The SMILES string of the molecule is C=CC1CN2CCC1CC2[C@H](NC(=O)Nc1cc(C(F)(F)F)cc(C(F)(F)F)c1)C1CCNc2ccc(OC)cc21. The number of alkyl halides is 6. The summed E-state index contributed by atoms with van der Waals surface area (Å²) in [5, 5.41) is 8.59. The van der Waals surface area contributed by atoms with Gasteiger partial charge in [-0.05, 0) is 79.6 Å². The summed E-state index contributed by atoms with van der Waals surface area (Å²) in [4.78, 5) is 15.6. The molecule has 3 fully saturated rings. The highest BCUT2D eigenvalue weighted by Crippen LogP contribution is 2.44. The second-order valence-corrected chi connectivity index (χ2v) is 10.9. The van der Waals surface area contributed by atoms with Crippen LogP contribution in [0.3, 0.4) is 0 Å². The van der Waals surface area contributed by atoms with Crippen molar-refractivity contribution in [2.75, 3.05) is 37.4 Å². The van der Waals surface area contributed by atoms with Crippen molar-refractivity contribution in [2.45, 2.75) is 49.6 Å². The fourth-order valence-electron chi connectivity index (χ4n) is 6.59. The molecular formula is C29H32F6N4O2. The Morgan fingerprint density at radius 1 is 1.10 bits per heavy atom. The van der Waals surface area contributed by atoms with Crippen LogP contribution in [-0.4, -0.2) is 49.8 Å². The smallest absolute Gasteiger partial charge is 0.416 e. The number of methoxy groups -OCH3 is 1. The van der Waals surface area contributed by atoms with Gasteiger partial charge in [-0.2, -0.15) is 26.3 Å². The number of carbonyl (C=O) groups is 1. The van der Waals surface area contributed by atoms with Gasteiger partial charge in [0.25, 0.3) is 0 Å². The van der Waals surface area contributed by atoms with Crippen LogP contribution < -0.4 is 20.7 Å². The number of piperidine rings is 3. The number of fused-ring (bicyclic) bond motifs is 4. The number of hydrogen-bond donors (Lipinski definition) is 3. The Bertz CT molecular complexity index is 1260. The van der Waals surface area contributed by atoms with Crippen molar-refractivity contribution in [2.24, 2.45) is 11.8 Å². The number of hydrogen-bond acceptors (Lipinski definition) is 4. The largest absolute Gasteiger partial charge is 0.497 e. The van der Waals surface area contributed by atoms with Crippen LogP contribution in [-0.2, 0) is 12.4 Å². The molecule has 6 rings (SSSR count). The van der Waals surface area contributed by atoms with E-state index in [0.29, 0.717) is 42.7 Å². The number of nitrogens with one attached hydrogen (secondary N) is 3. The number of ether oxygens (including phenoxy) is 1. The average Bonchev–Trinajstić information content (AvgIpc) is 2.94. The van der Waals surface area contributed by atoms with E-state index in [0.717, 1.165) is 37.2 Å². The van der Waals surface area contributed by atoms with Gasteiger partial charge in [0, 0.05) is 36.4 Å². The molecule has 0 saturated carbocycles. The highest BCUT2D eigenvalue weighted by molar-refractivity contribution is 5.90. The second kappa shape index (κ2) is 11.1. The number of halogens is 6. The topological polar surface area (TPSA) is 65.6 Å². The maximum atomic E-state index is 13.4. The molecular weight excluding hydrogens is 550 g/mol. The summed E-state index contributed by atoms with van der Waals surface area (Å²) in [7, 11) is 1.56. The zero-order valence-corrected chi connectivity index (χ0v) is 22.4. The van der Waals surface area contributed by atoms with Crippen molar-refractivity contribution in [1.29, 1.82) is 0 Å². The van der Waals surface area contributed by atoms with Crippen molar-refractivity contribution in [1.82, 2.24) is 10.2 Å². The van der Waals surface area contributed by atoms with E-state index in [9.17, 15) is 31.1 Å². The van der Waals surface area contributed by atoms with E-state index >= 15 is 0 Å². The Hall–Kier alpha value is -3.41. The molecule has 4 heterocycles. The van der Waals surface area contributed by atoms with E-state index in [1.54, 1.807) is 7.11 Å². The molecule has 12 heteroatoms. The maximum Gasteiger partial charge on any atom is 0.416 e. The third kappa shape index (κ3) is 6.12. The predicted octanol–water partition coefficient (Wildman–Crippen LogP) is 6.72. The van der Waals surface area contributed by atoms with Crippen molar-refractivity contribution >= 4 is 17.4 Å². The third-order valence-corrected chi connectivity index (χ3v) is 8.57. The van der Waals surface area contributed by atoms with E-state index in [2.05, 4.69) is 27.4 Å². The van der Waals surface area contributed by atoms with E-state index in [1.165, 1.54) is 0 Å². The number of amides is 2. The lowest BCUT2D eigenvalue weighted by molar-refractivity contribution is -0.143. The molecule has 222 valence electrons. The highest BCUT2D eigenvalue weighted by atomic mass is 19.4. The first kappa shape index (κ1) is 29.1. The summed E-state index contributed by atoms with van der Waals surface area (Å²) in [6.45, 7) is 6.21. The molecule has 3 N–H and O–H groups in total. The van der Waals surface area contributed by atoms with Gasteiger partial charge in [0.2, 0.25) is 0 Å². The van der Waals surface area contributed by atoms with E-state index in [-0.39, 0.29) is 18.0 Å². The van der Waals surface area contributed by atoms with Crippen LogP contribution in [0.5, 0.6) is 5.75 Å². The van der Waals surface area contributed by atoms with Crippen LogP contribution in [0.4, 0.5) is 42.5 Å². The van der Waals surface area contributed by atoms with Gasteiger partial charge in [0.15, 0.2) is 0 Å². The van der Waals surface area contributed by atoms with E-state index in [1.807, 2.05) is 24.3 Å². The first-order valence-electron chi connectivity index (χ1n) is 13.5. The second-order valence-electron chi connectivity index (χ2n) is 10.9. The molecule has 0 aromatic heterocycles. The van der Waals surface area contributed by atoms with E-state index < -0.39 is 41.2 Å². The monoisotopic (exact) mass is 582 g/mol. The van der Waals surface area contributed by atoms with Crippen LogP contribution >= 0.6 is 0 Å². The summed E-state index contributed by atoms with van der Waals surface area (Å²) in [5.41, 5.74) is -1.76. The summed E-state index contributed by atoms with van der Waals surface area (Å²) in [6.07, 6.45) is -5.65. The molecule has 2 aromatic rings. The number of carbonyl (C=O) groups excluding carboxylic acids is 1. The molecule has 6 nitrogen and oxygen atoms in total. The Morgan fingerprint density at radius 3 is 2.39 bits per heavy atom. The third-order valence-electron chi connectivity index (χ3n) is 8.57. The molecule has 6 atom stereocenters. The van der Waals surface area contributed by atoms with Gasteiger partial charge in [0.1, 0.15) is 5.75 Å². The lowest BCUT2D eigenvalue weighted by Gasteiger charge is -2.53. The zero-order valence-electron chi connectivity index (χ0n) is 22.4. The van der Waals surface area contributed by atoms with Gasteiger partial charge in [-0.3, -0.25) is 4.90 Å². The molecule has 0 radical (unpaired) electrons. The molecule has 2 bridgehead atoms. The molecule has 0 aliphatic carbocycles. The molecule has 4 aliphatic heterocycles. The van der Waals surface area contributed by atoms with Crippen LogP contribution in [0, 0.1) is 11.8 Å². The first-order chi connectivity index (χ1) is 19.4. The van der Waals surface area contributed by atoms with Crippen molar-refractivity contribution in [3.63, 3.8) is 0 Å². The number of benzene rings is 2. The van der Waals surface area contributed by atoms with Gasteiger partial charge >= 0.3 is 18.4 Å². The molecule has 5 unspecified atom stereocenters. The fourth-order valence-corrected chi connectivity index (χ4v) is 6.59. The summed E-state index contributed by atoms with van der Waals surface area (Å²) < 4.78 is 85.8. The molecule has 2 aromatic carbocycles. The minimum atomic E-state index is -5.02. The lowest BCUT2D eigenvalue weighted by atomic mass is 9.70. The Balaban J connectivity index is 1.47. The predicted molar refractivity (Wildman–Crippen MR) is 143 cm³/mol. The molecule has 0 spiro atoms. The normalized spacial score (nSPS) is 26.4. The lowest BCUT2D eigenvalue weighted by Crippen LogP contribution is -2.62. The van der Waals surface area contributed by atoms with Crippen molar-refractivity contribution in [3.05, 3.63) is 65.7 Å². The first-order valence-corrected chi connectivity index (χ1v) is 13.5. The van der Waals surface area contributed by atoms with Crippen LogP contribution in [0.15, 0.2) is 49.1 Å². The number of nitrogens with zero attached hydrogens (tertiary/aromatic N) is 1. The van der Waals surface area contributed by atoms with Gasteiger partial charge in [-0.25, -0.2) is 4.79 Å². The van der Waals surface area contributed by atoms with Crippen LogP contribution in [0.1, 0.15) is 41.9 Å². The van der Waals surface area contributed by atoms with Crippen LogP contribution in [0.25, 0.3) is 0 Å². The molecule has 2 amide bonds. The van der Waals surface area contributed by atoms with Crippen LogP contribution in [0.2, 0.25) is 0 Å². The summed E-state index contributed by atoms with van der Waals surface area (Å²) in [5.74, 6) is 1.16. The number of urea groups is 1. The Morgan fingerprint density at radius 2 is 1.80 bits per heavy atom. The average molecular weight is 583 g/mol. The zero-order chi connectivity index (χ0) is 29.5. The van der Waals surface area contributed by atoms with Gasteiger partial charge < -0.3 is 20.7 Å². The fraction of sp³-hybridized carbons (Fsp3) is 0.483. The summed E-state index contributed by atoms with van der Waals surface area (Å²) in [6, 6.07) is 5.28. The standard InChI is InChI=1S/C29H32F6N4O2/c1-3-16-15-39-9-7-17(16)10-25(39)26(22-6-8-36-24-5-4-21(41-2)14-23(22)24)38-27(40)37-20-12-18(28(30,31)32)11-19(13-20)29(33,34)35/h3-5,11-14,16-17,22,25-26,36H,1,6-10,15H2,2H3,(H2,37,38,40)/t16?,17?,22?,25?,26-/m1/s1. The summed E-state index contributed by atoms with van der Waals surface area (Å²) >= 11 is 0. The number of anilines is 2. The minimum absolute atomic E-state index is 0.0350. The Kier molecular flexibility index (Phi) is 7.88. The molecule has 3 saturated heterocycles. The van der Waals surface area contributed by atoms with E-state index in [4.69, 9.17) is 4.74 Å². The minimum Gasteiger partial charge on any atom is -0.497 e. The Labute approximate surface area is 234 Å². The van der Waals surface area contributed by atoms with Gasteiger partial charge in [0.05, 0.1) is 24.3 Å². The highest BCUT2D eigenvalue weighted by Gasteiger charge is 2.46. The van der Waals surface area contributed by atoms with Gasteiger partial charge in [-0.15, -0.1) is 6.58 Å².